The van der Waals surface area contributed by atoms with Crippen LogP contribution in [0.3, 0.4) is 0 Å². The Morgan fingerprint density at radius 1 is 1.20 bits per heavy atom. The van der Waals surface area contributed by atoms with Crippen molar-refractivity contribution in [1.82, 2.24) is 4.57 Å². The van der Waals surface area contributed by atoms with Crippen molar-refractivity contribution < 1.29 is 14.1 Å². The van der Waals surface area contributed by atoms with Gasteiger partial charge in [-0.25, -0.2) is 0 Å². The number of halogens is 1. The number of nitriles is 1. The molecule has 30 heavy (non-hydrogen) atoms. The lowest BCUT2D eigenvalue weighted by Crippen LogP contribution is -2.04. The number of carbonyl (C=O) groups is 1. The molecule has 8 heteroatoms. The monoisotopic (exact) mass is 417 g/mol. The maximum absolute atomic E-state index is 12.6. The quantitative estimate of drug-likeness (QED) is 0.241. The molecule has 0 saturated heterocycles. The van der Waals surface area contributed by atoms with Crippen molar-refractivity contribution in [1.29, 1.82) is 5.26 Å². The van der Waals surface area contributed by atoms with Crippen LogP contribution in [0.2, 0.25) is 5.02 Å². The molecule has 0 aliphatic carbocycles. The zero-order valence-corrected chi connectivity index (χ0v) is 16.0. The molecule has 0 aliphatic rings. The number of allylic oxidation sites excluding steroid dienone is 1. The van der Waals surface area contributed by atoms with Crippen molar-refractivity contribution >= 4 is 40.2 Å². The number of para-hydroxylation sites is 1. The average Bonchev–Trinajstić information content (AvgIpc) is 3.37. The van der Waals surface area contributed by atoms with E-state index in [1.54, 1.807) is 36.4 Å². The number of hydrogen-bond acceptors (Lipinski definition) is 5. The summed E-state index contributed by atoms with van der Waals surface area (Å²) in [5.74, 6) is 0.367. The van der Waals surface area contributed by atoms with Gasteiger partial charge in [0.05, 0.1) is 21.0 Å². The minimum absolute atomic E-state index is 0.106. The van der Waals surface area contributed by atoms with Gasteiger partial charge in [-0.3, -0.25) is 19.5 Å². The Kier molecular flexibility index (Phi) is 4.92. The van der Waals surface area contributed by atoms with Crippen molar-refractivity contribution in [3.63, 3.8) is 0 Å². The molecule has 146 valence electrons. The van der Waals surface area contributed by atoms with Gasteiger partial charge in [0.25, 0.3) is 11.6 Å². The highest BCUT2D eigenvalue weighted by molar-refractivity contribution is 6.33. The first kappa shape index (κ1) is 19.2. The van der Waals surface area contributed by atoms with Crippen LogP contribution in [0.1, 0.15) is 16.1 Å². The number of fused-ring (bicyclic) bond motifs is 1. The van der Waals surface area contributed by atoms with E-state index in [0.717, 1.165) is 0 Å². The Morgan fingerprint density at radius 3 is 2.77 bits per heavy atom. The van der Waals surface area contributed by atoms with Crippen LogP contribution < -0.4 is 0 Å². The van der Waals surface area contributed by atoms with Crippen molar-refractivity contribution in [2.75, 3.05) is 0 Å². The van der Waals surface area contributed by atoms with E-state index in [2.05, 4.69) is 6.07 Å². The van der Waals surface area contributed by atoms with E-state index >= 15 is 0 Å². The van der Waals surface area contributed by atoms with E-state index in [1.165, 1.54) is 41.1 Å². The van der Waals surface area contributed by atoms with E-state index in [4.69, 9.17) is 16.0 Å². The van der Waals surface area contributed by atoms with Gasteiger partial charge in [-0.05, 0) is 30.3 Å². The number of carbonyl (C=O) groups excluding carboxylic acids is 1. The zero-order chi connectivity index (χ0) is 21.3. The van der Waals surface area contributed by atoms with Crippen LogP contribution in [0, 0.1) is 21.4 Å². The maximum atomic E-state index is 12.6. The molecule has 0 fully saturated rings. The Hall–Kier alpha value is -4.15. The Morgan fingerprint density at radius 2 is 2.00 bits per heavy atom. The lowest BCUT2D eigenvalue weighted by atomic mass is 10.1. The van der Waals surface area contributed by atoms with Gasteiger partial charge >= 0.3 is 0 Å². The Labute approximate surface area is 175 Å². The molecule has 0 radical (unpaired) electrons. The first-order chi connectivity index (χ1) is 14.5. The van der Waals surface area contributed by atoms with Crippen LogP contribution in [0.5, 0.6) is 0 Å². The SMILES string of the molecule is N#Cc1cn(C(=O)/C=C/c2ccc(-c3cc([N+](=O)[O-])ccc3Cl)o2)c2ccccc12. The van der Waals surface area contributed by atoms with Crippen LogP contribution in [0.25, 0.3) is 28.3 Å². The first-order valence-electron chi connectivity index (χ1n) is 8.74. The van der Waals surface area contributed by atoms with Crippen LogP contribution in [0.15, 0.2) is 71.3 Å². The lowest BCUT2D eigenvalue weighted by Gasteiger charge is -2.01. The third-order valence-electron chi connectivity index (χ3n) is 4.51. The van der Waals surface area contributed by atoms with Gasteiger partial charge in [-0.2, -0.15) is 5.26 Å². The Bertz CT molecular complexity index is 1370. The zero-order valence-electron chi connectivity index (χ0n) is 15.3. The Balaban J connectivity index is 1.62. The van der Waals surface area contributed by atoms with Crippen LogP contribution in [0.4, 0.5) is 5.69 Å². The van der Waals surface area contributed by atoms with E-state index < -0.39 is 4.92 Å². The molecule has 0 N–H and O–H groups in total. The van der Waals surface area contributed by atoms with Crippen LogP contribution >= 0.6 is 11.6 Å². The fourth-order valence-corrected chi connectivity index (χ4v) is 3.30. The molecular formula is C22H12ClN3O4. The number of aromatic nitrogens is 1. The summed E-state index contributed by atoms with van der Waals surface area (Å²) in [5, 5.41) is 21.3. The summed E-state index contributed by atoms with van der Waals surface area (Å²) in [7, 11) is 0. The fourth-order valence-electron chi connectivity index (χ4n) is 3.09. The molecule has 0 unspecified atom stereocenters. The summed E-state index contributed by atoms with van der Waals surface area (Å²) in [5.41, 5.74) is 1.32. The average molecular weight is 418 g/mol. The van der Waals surface area contributed by atoms with E-state index in [1.807, 2.05) is 0 Å². The molecule has 0 amide bonds. The predicted molar refractivity (Wildman–Crippen MR) is 112 cm³/mol. The molecule has 2 heterocycles. The minimum Gasteiger partial charge on any atom is -0.457 e. The number of furan rings is 1. The molecule has 2 aromatic carbocycles. The number of benzene rings is 2. The van der Waals surface area contributed by atoms with Gasteiger partial charge in [-0.1, -0.05) is 29.8 Å². The predicted octanol–water partition coefficient (Wildman–Crippen LogP) is 5.69. The molecule has 2 aromatic heterocycles. The molecule has 0 atom stereocenters. The van der Waals surface area contributed by atoms with E-state index in [9.17, 15) is 20.2 Å². The smallest absolute Gasteiger partial charge is 0.270 e. The second kappa shape index (κ2) is 7.70. The van der Waals surface area contributed by atoms with E-state index in [-0.39, 0.29) is 11.6 Å². The normalized spacial score (nSPS) is 11.1. The number of rotatable bonds is 4. The summed E-state index contributed by atoms with van der Waals surface area (Å²) >= 11 is 6.14. The molecule has 7 nitrogen and oxygen atoms in total. The minimum atomic E-state index is -0.515. The highest BCUT2D eigenvalue weighted by atomic mass is 35.5. The molecule has 4 aromatic rings. The highest BCUT2D eigenvalue weighted by Gasteiger charge is 2.15. The van der Waals surface area contributed by atoms with Gasteiger partial charge in [-0.15, -0.1) is 0 Å². The lowest BCUT2D eigenvalue weighted by molar-refractivity contribution is -0.384. The molecule has 0 saturated carbocycles. The van der Waals surface area contributed by atoms with Crippen molar-refractivity contribution in [2.45, 2.75) is 0 Å². The largest absolute Gasteiger partial charge is 0.457 e. The van der Waals surface area contributed by atoms with Crippen molar-refractivity contribution in [3.05, 3.63) is 93.3 Å². The third kappa shape index (κ3) is 3.48. The summed E-state index contributed by atoms with van der Waals surface area (Å²) in [4.78, 5) is 23.1. The van der Waals surface area contributed by atoms with Crippen LogP contribution in [-0.4, -0.2) is 15.4 Å². The highest BCUT2D eigenvalue weighted by Crippen LogP contribution is 2.33. The molecule has 0 aliphatic heterocycles. The standard InChI is InChI=1S/C22H12ClN3O4/c23-19-8-5-15(26(28)29)11-18(19)21-9-6-16(30-21)7-10-22(27)25-13-14(12-24)17-3-1-2-4-20(17)25/h1-11,13H/b10-7+. The van der Waals surface area contributed by atoms with Crippen LogP contribution in [-0.2, 0) is 0 Å². The van der Waals surface area contributed by atoms with E-state index in [0.29, 0.717) is 38.6 Å². The topological polar surface area (TPSA) is 102 Å². The van der Waals surface area contributed by atoms with Gasteiger partial charge in [0.15, 0.2) is 0 Å². The molecular weight excluding hydrogens is 406 g/mol. The fraction of sp³-hybridized carbons (Fsp3) is 0. The van der Waals surface area contributed by atoms with Gasteiger partial charge in [0.1, 0.15) is 17.6 Å². The molecule has 4 rings (SSSR count). The van der Waals surface area contributed by atoms with Crippen molar-refractivity contribution in [2.24, 2.45) is 0 Å². The second-order valence-corrected chi connectivity index (χ2v) is 6.74. The number of hydrogen-bond donors (Lipinski definition) is 0. The first-order valence-corrected chi connectivity index (χ1v) is 9.12. The molecule has 0 spiro atoms. The van der Waals surface area contributed by atoms with Gasteiger partial charge < -0.3 is 4.42 Å². The summed E-state index contributed by atoms with van der Waals surface area (Å²) in [6.45, 7) is 0. The number of nitro benzene ring substituents is 1. The molecule has 0 bridgehead atoms. The second-order valence-electron chi connectivity index (χ2n) is 6.34. The summed E-state index contributed by atoms with van der Waals surface area (Å²) in [6, 6.07) is 16.5. The van der Waals surface area contributed by atoms with Gasteiger partial charge in [0.2, 0.25) is 0 Å². The van der Waals surface area contributed by atoms with Crippen molar-refractivity contribution in [3.8, 4) is 17.4 Å². The number of non-ortho nitro benzene ring substituents is 1. The third-order valence-corrected chi connectivity index (χ3v) is 4.84. The maximum Gasteiger partial charge on any atom is 0.270 e. The van der Waals surface area contributed by atoms with Gasteiger partial charge in [0, 0.05) is 35.4 Å². The number of nitrogens with zero attached hydrogens (tertiary/aromatic N) is 3. The number of nitro groups is 1. The summed E-state index contributed by atoms with van der Waals surface area (Å²) in [6.07, 6.45) is 4.30. The summed E-state index contributed by atoms with van der Waals surface area (Å²) < 4.78 is 7.07.